The number of fused-ring (bicyclic) bond motifs is 1. The second kappa shape index (κ2) is 7.92. The zero-order chi connectivity index (χ0) is 17.6. The number of amides is 2. The molecule has 0 spiro atoms. The molecular formula is C20H23N3O2. The monoisotopic (exact) mass is 337 g/mol. The number of hydrogen-bond acceptors (Lipinski definition) is 3. The van der Waals surface area contributed by atoms with Crippen molar-refractivity contribution in [1.82, 2.24) is 15.2 Å². The van der Waals surface area contributed by atoms with Crippen molar-refractivity contribution < 1.29 is 9.59 Å². The van der Waals surface area contributed by atoms with Crippen LogP contribution in [0.3, 0.4) is 0 Å². The van der Waals surface area contributed by atoms with Gasteiger partial charge in [0, 0.05) is 31.4 Å². The number of nitrogens with zero attached hydrogens (tertiary/aromatic N) is 2. The predicted octanol–water partition coefficient (Wildman–Crippen LogP) is 2.81. The lowest BCUT2D eigenvalue weighted by molar-refractivity contribution is 0.0734. The van der Waals surface area contributed by atoms with Crippen LogP contribution in [0.1, 0.15) is 51.7 Å². The fraction of sp³-hybridized carbons (Fsp3) is 0.350. The molecule has 1 aliphatic heterocycles. The topological polar surface area (TPSA) is 62.3 Å². The lowest BCUT2D eigenvalue weighted by atomic mass is 9.99. The van der Waals surface area contributed by atoms with Crippen molar-refractivity contribution in [2.75, 3.05) is 13.1 Å². The lowest BCUT2D eigenvalue weighted by Crippen LogP contribution is -2.36. The van der Waals surface area contributed by atoms with Gasteiger partial charge in [0.1, 0.15) is 5.69 Å². The summed E-state index contributed by atoms with van der Waals surface area (Å²) < 4.78 is 0. The molecule has 2 aromatic rings. The van der Waals surface area contributed by atoms with Crippen LogP contribution in [0.15, 0.2) is 42.6 Å². The van der Waals surface area contributed by atoms with E-state index >= 15 is 0 Å². The Morgan fingerprint density at radius 1 is 1.20 bits per heavy atom. The van der Waals surface area contributed by atoms with Crippen molar-refractivity contribution in [3.63, 3.8) is 0 Å². The maximum Gasteiger partial charge on any atom is 0.269 e. The lowest BCUT2D eigenvalue weighted by Gasteiger charge is -2.29. The number of hydrogen-bond donors (Lipinski definition) is 1. The van der Waals surface area contributed by atoms with E-state index in [1.807, 2.05) is 17.0 Å². The Labute approximate surface area is 148 Å². The first kappa shape index (κ1) is 17.1. The standard InChI is InChI=1S/C20H23N3O2/c1-2-3-10-22-19(24)18-13-16(8-11-21-18)20(25)23-12-9-15-6-4-5-7-17(15)14-23/h4-8,11,13H,2-3,9-10,12,14H2,1H3,(H,22,24). The number of unbranched alkanes of at least 4 members (excludes halogenated alkanes) is 1. The van der Waals surface area contributed by atoms with E-state index in [1.54, 1.807) is 12.1 Å². The fourth-order valence-electron chi connectivity index (χ4n) is 3.01. The van der Waals surface area contributed by atoms with Crippen LogP contribution in [0.4, 0.5) is 0 Å². The van der Waals surface area contributed by atoms with Gasteiger partial charge in [0.2, 0.25) is 0 Å². The number of carbonyl (C=O) groups is 2. The van der Waals surface area contributed by atoms with Gasteiger partial charge in [0.05, 0.1) is 0 Å². The van der Waals surface area contributed by atoms with Gasteiger partial charge in [0.15, 0.2) is 0 Å². The van der Waals surface area contributed by atoms with Crippen molar-refractivity contribution in [2.24, 2.45) is 0 Å². The molecule has 0 aliphatic carbocycles. The van der Waals surface area contributed by atoms with Crippen molar-refractivity contribution in [1.29, 1.82) is 0 Å². The van der Waals surface area contributed by atoms with E-state index in [9.17, 15) is 9.59 Å². The normalized spacial score (nSPS) is 13.2. The quantitative estimate of drug-likeness (QED) is 0.854. The average Bonchev–Trinajstić information content (AvgIpc) is 2.67. The number of benzene rings is 1. The zero-order valence-electron chi connectivity index (χ0n) is 14.5. The minimum Gasteiger partial charge on any atom is -0.351 e. The molecule has 1 aromatic carbocycles. The third-order valence-corrected chi connectivity index (χ3v) is 4.47. The highest BCUT2D eigenvalue weighted by Crippen LogP contribution is 2.20. The summed E-state index contributed by atoms with van der Waals surface area (Å²) in [6.45, 7) is 3.99. The Kier molecular flexibility index (Phi) is 5.43. The first-order valence-corrected chi connectivity index (χ1v) is 8.79. The molecule has 0 bridgehead atoms. The highest BCUT2D eigenvalue weighted by Gasteiger charge is 2.22. The van der Waals surface area contributed by atoms with Crippen LogP contribution in [0.25, 0.3) is 0 Å². The van der Waals surface area contributed by atoms with Gasteiger partial charge >= 0.3 is 0 Å². The molecule has 5 heteroatoms. The van der Waals surface area contributed by atoms with Gasteiger partial charge in [-0.3, -0.25) is 14.6 Å². The number of rotatable bonds is 5. The van der Waals surface area contributed by atoms with E-state index < -0.39 is 0 Å². The smallest absolute Gasteiger partial charge is 0.269 e. The van der Waals surface area contributed by atoms with Crippen LogP contribution < -0.4 is 5.32 Å². The summed E-state index contributed by atoms with van der Waals surface area (Å²) in [7, 11) is 0. The van der Waals surface area contributed by atoms with Crippen LogP contribution in [0.2, 0.25) is 0 Å². The summed E-state index contributed by atoms with van der Waals surface area (Å²) in [5.74, 6) is -0.286. The van der Waals surface area contributed by atoms with E-state index in [1.165, 1.54) is 17.3 Å². The molecule has 1 aliphatic rings. The molecule has 130 valence electrons. The molecule has 0 radical (unpaired) electrons. The van der Waals surface area contributed by atoms with Crippen molar-refractivity contribution >= 4 is 11.8 Å². The van der Waals surface area contributed by atoms with Crippen molar-refractivity contribution in [3.05, 3.63) is 65.0 Å². The third-order valence-electron chi connectivity index (χ3n) is 4.47. The van der Waals surface area contributed by atoms with Crippen LogP contribution in [-0.2, 0) is 13.0 Å². The summed E-state index contributed by atoms with van der Waals surface area (Å²) in [5.41, 5.74) is 3.29. The van der Waals surface area contributed by atoms with Gasteiger partial charge in [-0.1, -0.05) is 37.6 Å². The Morgan fingerprint density at radius 2 is 2.00 bits per heavy atom. The van der Waals surface area contributed by atoms with E-state index in [4.69, 9.17) is 0 Å². The Balaban J connectivity index is 1.71. The highest BCUT2D eigenvalue weighted by atomic mass is 16.2. The van der Waals surface area contributed by atoms with E-state index in [0.29, 0.717) is 30.9 Å². The minimum atomic E-state index is -0.230. The minimum absolute atomic E-state index is 0.0560. The molecule has 1 aromatic heterocycles. The maximum absolute atomic E-state index is 12.8. The summed E-state index contributed by atoms with van der Waals surface area (Å²) in [6, 6.07) is 11.5. The molecule has 0 saturated carbocycles. The molecule has 2 amide bonds. The van der Waals surface area contributed by atoms with Crippen molar-refractivity contribution in [2.45, 2.75) is 32.7 Å². The number of nitrogens with one attached hydrogen (secondary N) is 1. The Morgan fingerprint density at radius 3 is 2.80 bits per heavy atom. The summed E-state index contributed by atoms with van der Waals surface area (Å²) in [4.78, 5) is 30.9. The largest absolute Gasteiger partial charge is 0.351 e. The molecule has 3 rings (SSSR count). The molecule has 25 heavy (non-hydrogen) atoms. The summed E-state index contributed by atoms with van der Waals surface area (Å²) in [5, 5.41) is 2.83. The zero-order valence-corrected chi connectivity index (χ0v) is 14.5. The van der Waals surface area contributed by atoms with Gasteiger partial charge in [0.25, 0.3) is 11.8 Å². The molecular weight excluding hydrogens is 314 g/mol. The first-order valence-electron chi connectivity index (χ1n) is 8.79. The molecule has 0 unspecified atom stereocenters. The second-order valence-electron chi connectivity index (χ2n) is 6.28. The van der Waals surface area contributed by atoms with Gasteiger partial charge in [-0.25, -0.2) is 0 Å². The average molecular weight is 337 g/mol. The van der Waals surface area contributed by atoms with Gasteiger partial charge < -0.3 is 10.2 Å². The SMILES string of the molecule is CCCCNC(=O)c1cc(C(=O)N2CCc3ccccc3C2)ccn1. The highest BCUT2D eigenvalue weighted by molar-refractivity contribution is 5.98. The molecule has 1 N–H and O–H groups in total. The predicted molar refractivity (Wildman–Crippen MR) is 96.4 cm³/mol. The third kappa shape index (κ3) is 4.05. The summed E-state index contributed by atoms with van der Waals surface area (Å²) in [6.07, 6.45) is 4.33. The fourth-order valence-corrected chi connectivity index (χ4v) is 3.01. The van der Waals surface area contributed by atoms with Gasteiger partial charge in [-0.2, -0.15) is 0 Å². The second-order valence-corrected chi connectivity index (χ2v) is 6.28. The van der Waals surface area contributed by atoms with Crippen LogP contribution in [0, 0.1) is 0 Å². The number of pyridine rings is 1. The van der Waals surface area contributed by atoms with Gasteiger partial charge in [-0.05, 0) is 36.1 Å². The molecule has 2 heterocycles. The van der Waals surface area contributed by atoms with Crippen LogP contribution in [-0.4, -0.2) is 34.8 Å². The molecule has 0 saturated heterocycles. The molecule has 0 atom stereocenters. The van der Waals surface area contributed by atoms with Crippen LogP contribution >= 0.6 is 0 Å². The number of carbonyl (C=O) groups excluding carboxylic acids is 2. The maximum atomic E-state index is 12.8. The van der Waals surface area contributed by atoms with Crippen LogP contribution in [0.5, 0.6) is 0 Å². The molecule has 5 nitrogen and oxygen atoms in total. The Bertz CT molecular complexity index is 773. The van der Waals surface area contributed by atoms with Crippen molar-refractivity contribution in [3.8, 4) is 0 Å². The Hall–Kier alpha value is -2.69. The van der Waals surface area contributed by atoms with E-state index in [2.05, 4.69) is 29.4 Å². The summed E-state index contributed by atoms with van der Waals surface area (Å²) >= 11 is 0. The first-order chi connectivity index (χ1) is 12.2. The number of aromatic nitrogens is 1. The van der Waals surface area contributed by atoms with E-state index in [0.717, 1.165) is 19.3 Å². The van der Waals surface area contributed by atoms with E-state index in [-0.39, 0.29) is 11.8 Å². The molecule has 0 fully saturated rings. The van der Waals surface area contributed by atoms with Gasteiger partial charge in [-0.15, -0.1) is 0 Å².